The van der Waals surface area contributed by atoms with Crippen LogP contribution in [0, 0.1) is 0 Å². The van der Waals surface area contributed by atoms with Gasteiger partial charge in [-0.3, -0.25) is 14.3 Å². The minimum atomic E-state index is -0.157. The zero-order chi connectivity index (χ0) is 22.8. The zero-order valence-corrected chi connectivity index (χ0v) is 18.8. The van der Waals surface area contributed by atoms with Crippen LogP contribution in [0.5, 0.6) is 0 Å². The van der Waals surface area contributed by atoms with Crippen LogP contribution in [0.2, 0.25) is 0 Å². The van der Waals surface area contributed by atoms with Crippen molar-refractivity contribution in [2.75, 3.05) is 23.3 Å². The molecule has 7 nitrogen and oxygen atoms in total. The Hall–Kier alpha value is -3.61. The molecule has 0 aliphatic carbocycles. The summed E-state index contributed by atoms with van der Waals surface area (Å²) in [4.78, 5) is 27.0. The van der Waals surface area contributed by atoms with E-state index in [4.69, 9.17) is 0 Å². The standard InChI is InChI=1S/C25H31N5O2/c1-3-5-15-29(4-2)23-12-10-21(11-13-23)25(32)26-18-20-8-6-9-22(17-20)28-24(31)19-30-16-7-14-27-30/h6-14,16-17H,3-5,15,18-19H2,1-2H3,(H,26,32)(H,28,31). The monoisotopic (exact) mass is 433 g/mol. The molecule has 1 heterocycles. The largest absolute Gasteiger partial charge is 0.372 e. The van der Waals surface area contributed by atoms with Gasteiger partial charge in [0.1, 0.15) is 6.54 Å². The molecule has 0 unspecified atom stereocenters. The summed E-state index contributed by atoms with van der Waals surface area (Å²) in [5.41, 5.74) is 3.36. The summed E-state index contributed by atoms with van der Waals surface area (Å²) in [5, 5.41) is 9.84. The Morgan fingerprint density at radius 2 is 1.88 bits per heavy atom. The smallest absolute Gasteiger partial charge is 0.251 e. The van der Waals surface area contributed by atoms with Gasteiger partial charge in [0.25, 0.3) is 5.91 Å². The van der Waals surface area contributed by atoms with Crippen molar-refractivity contribution in [3.63, 3.8) is 0 Å². The van der Waals surface area contributed by atoms with Crippen molar-refractivity contribution in [1.82, 2.24) is 15.1 Å². The van der Waals surface area contributed by atoms with E-state index in [1.165, 1.54) is 0 Å². The Morgan fingerprint density at radius 1 is 1.06 bits per heavy atom. The van der Waals surface area contributed by atoms with Crippen LogP contribution in [-0.2, 0) is 17.9 Å². The fourth-order valence-electron chi connectivity index (χ4n) is 3.43. The van der Waals surface area contributed by atoms with Crippen LogP contribution < -0.4 is 15.5 Å². The SMILES string of the molecule is CCCCN(CC)c1ccc(C(=O)NCc2cccc(NC(=O)Cn3cccn3)c2)cc1. The maximum Gasteiger partial charge on any atom is 0.251 e. The third-order valence-corrected chi connectivity index (χ3v) is 5.19. The molecule has 2 N–H and O–H groups in total. The highest BCUT2D eigenvalue weighted by atomic mass is 16.2. The summed E-state index contributed by atoms with van der Waals surface area (Å²) in [6.45, 7) is 6.82. The van der Waals surface area contributed by atoms with Crippen molar-refractivity contribution in [2.24, 2.45) is 0 Å². The maximum absolute atomic E-state index is 12.6. The lowest BCUT2D eigenvalue weighted by atomic mass is 10.1. The molecule has 0 fully saturated rings. The molecule has 7 heteroatoms. The second kappa shape index (κ2) is 11.7. The molecule has 0 bridgehead atoms. The Labute approximate surface area is 189 Å². The molecule has 168 valence electrons. The van der Waals surface area contributed by atoms with Crippen LogP contribution in [-0.4, -0.2) is 34.7 Å². The number of amides is 2. The Balaban J connectivity index is 1.53. The van der Waals surface area contributed by atoms with Crippen molar-refractivity contribution in [3.05, 3.63) is 78.1 Å². The first kappa shape index (κ1) is 23.1. The predicted molar refractivity (Wildman–Crippen MR) is 128 cm³/mol. The summed E-state index contributed by atoms with van der Waals surface area (Å²) in [7, 11) is 0. The lowest BCUT2D eigenvalue weighted by Gasteiger charge is -2.23. The molecule has 2 aromatic carbocycles. The molecule has 0 spiro atoms. The van der Waals surface area contributed by atoms with Crippen molar-refractivity contribution < 1.29 is 9.59 Å². The number of hydrogen-bond donors (Lipinski definition) is 2. The van der Waals surface area contributed by atoms with E-state index in [2.05, 4.69) is 34.5 Å². The maximum atomic E-state index is 12.6. The van der Waals surface area contributed by atoms with Gasteiger partial charge in [0, 0.05) is 49.0 Å². The van der Waals surface area contributed by atoms with Crippen molar-refractivity contribution in [3.8, 4) is 0 Å². The number of rotatable bonds is 11. The normalized spacial score (nSPS) is 10.6. The number of carbonyl (C=O) groups is 2. The molecule has 3 aromatic rings. The highest BCUT2D eigenvalue weighted by Crippen LogP contribution is 2.16. The van der Waals surface area contributed by atoms with Gasteiger partial charge in [0.15, 0.2) is 0 Å². The van der Waals surface area contributed by atoms with Crippen molar-refractivity contribution in [1.29, 1.82) is 0 Å². The van der Waals surface area contributed by atoms with Crippen LogP contribution in [0.25, 0.3) is 0 Å². The number of carbonyl (C=O) groups excluding carboxylic acids is 2. The number of nitrogens with one attached hydrogen (secondary N) is 2. The molecular weight excluding hydrogens is 402 g/mol. The van der Waals surface area contributed by atoms with Crippen LogP contribution >= 0.6 is 0 Å². The first-order valence-corrected chi connectivity index (χ1v) is 11.1. The van der Waals surface area contributed by atoms with Crippen LogP contribution in [0.15, 0.2) is 67.0 Å². The van der Waals surface area contributed by atoms with E-state index >= 15 is 0 Å². The minimum Gasteiger partial charge on any atom is -0.372 e. The predicted octanol–water partition coefficient (Wildman–Crippen LogP) is 4.08. The first-order valence-electron chi connectivity index (χ1n) is 11.1. The summed E-state index contributed by atoms with van der Waals surface area (Å²) in [5.74, 6) is -0.281. The number of aromatic nitrogens is 2. The Kier molecular flexibility index (Phi) is 8.43. The molecule has 3 rings (SSSR count). The third-order valence-electron chi connectivity index (χ3n) is 5.19. The molecule has 0 saturated carbocycles. The van der Waals surface area contributed by atoms with E-state index < -0.39 is 0 Å². The zero-order valence-electron chi connectivity index (χ0n) is 18.8. The topological polar surface area (TPSA) is 79.3 Å². The molecular formula is C25H31N5O2. The van der Waals surface area contributed by atoms with Gasteiger partial charge in [0.05, 0.1) is 0 Å². The molecule has 0 aliphatic heterocycles. The van der Waals surface area contributed by atoms with E-state index in [9.17, 15) is 9.59 Å². The van der Waals surface area contributed by atoms with E-state index in [1.54, 1.807) is 23.1 Å². The van der Waals surface area contributed by atoms with Crippen LogP contribution in [0.1, 0.15) is 42.6 Å². The highest BCUT2D eigenvalue weighted by molar-refractivity contribution is 5.94. The number of nitrogens with zero attached hydrogens (tertiary/aromatic N) is 3. The van der Waals surface area contributed by atoms with Crippen LogP contribution in [0.4, 0.5) is 11.4 Å². The van der Waals surface area contributed by atoms with Crippen molar-refractivity contribution >= 4 is 23.2 Å². The van der Waals surface area contributed by atoms with Gasteiger partial charge in [-0.2, -0.15) is 5.10 Å². The second-order valence-electron chi connectivity index (χ2n) is 7.61. The number of benzene rings is 2. The minimum absolute atomic E-state index is 0.124. The van der Waals surface area contributed by atoms with E-state index in [-0.39, 0.29) is 18.4 Å². The Morgan fingerprint density at radius 3 is 2.56 bits per heavy atom. The third kappa shape index (κ3) is 6.70. The molecule has 0 saturated heterocycles. The molecule has 0 atom stereocenters. The Bertz CT molecular complexity index is 999. The highest BCUT2D eigenvalue weighted by Gasteiger charge is 2.09. The van der Waals surface area contributed by atoms with E-state index in [1.807, 2.05) is 48.5 Å². The molecule has 1 aromatic heterocycles. The van der Waals surface area contributed by atoms with Gasteiger partial charge < -0.3 is 15.5 Å². The lowest BCUT2D eigenvalue weighted by molar-refractivity contribution is -0.116. The van der Waals surface area contributed by atoms with E-state index in [0.717, 1.165) is 37.2 Å². The summed E-state index contributed by atoms with van der Waals surface area (Å²) in [6.07, 6.45) is 5.69. The van der Waals surface area contributed by atoms with Gasteiger partial charge in [-0.25, -0.2) is 0 Å². The fraction of sp³-hybridized carbons (Fsp3) is 0.320. The fourth-order valence-corrected chi connectivity index (χ4v) is 3.43. The quantitative estimate of drug-likeness (QED) is 0.478. The number of anilines is 2. The summed E-state index contributed by atoms with van der Waals surface area (Å²) in [6, 6.07) is 17.0. The van der Waals surface area contributed by atoms with E-state index in [0.29, 0.717) is 17.8 Å². The number of unbranched alkanes of at least 4 members (excludes halogenated alkanes) is 1. The molecule has 0 aliphatic rings. The van der Waals surface area contributed by atoms with Gasteiger partial charge in [0.2, 0.25) is 5.91 Å². The molecule has 2 amide bonds. The summed E-state index contributed by atoms with van der Waals surface area (Å²) < 4.78 is 1.56. The molecule has 0 radical (unpaired) electrons. The molecule has 32 heavy (non-hydrogen) atoms. The average Bonchev–Trinajstić information content (AvgIpc) is 3.31. The van der Waals surface area contributed by atoms with Crippen molar-refractivity contribution in [2.45, 2.75) is 39.8 Å². The van der Waals surface area contributed by atoms with Crippen LogP contribution in [0.3, 0.4) is 0 Å². The van der Waals surface area contributed by atoms with Gasteiger partial charge in [-0.15, -0.1) is 0 Å². The first-order chi connectivity index (χ1) is 15.6. The van der Waals surface area contributed by atoms with Gasteiger partial charge >= 0.3 is 0 Å². The second-order valence-corrected chi connectivity index (χ2v) is 7.61. The summed E-state index contributed by atoms with van der Waals surface area (Å²) >= 11 is 0. The lowest BCUT2D eigenvalue weighted by Crippen LogP contribution is -2.25. The van der Waals surface area contributed by atoms with Gasteiger partial charge in [-0.05, 0) is 61.4 Å². The van der Waals surface area contributed by atoms with Gasteiger partial charge in [-0.1, -0.05) is 25.5 Å². The number of hydrogen-bond acceptors (Lipinski definition) is 4. The average molecular weight is 434 g/mol.